The highest BCUT2D eigenvalue weighted by molar-refractivity contribution is 7.99. The van der Waals surface area contributed by atoms with E-state index in [1.54, 1.807) is 28.8 Å². The fourth-order valence-electron chi connectivity index (χ4n) is 3.26. The Hall–Kier alpha value is -2.38. The highest BCUT2D eigenvalue weighted by atomic mass is 32.2. The molecule has 0 unspecified atom stereocenters. The number of carbonyl (C=O) groups excluding carboxylic acids is 2. The molecule has 2 aliphatic heterocycles. The van der Waals surface area contributed by atoms with Crippen LogP contribution in [0.15, 0.2) is 54.6 Å². The Balaban J connectivity index is 1.62. The van der Waals surface area contributed by atoms with Crippen molar-refractivity contribution in [2.45, 2.75) is 11.4 Å². The SMILES string of the molecule is COC(=O)c1ccc([C@H]2SC[C@H]3C(=O)N(c4ccccc4)C(=S)N23)cc1. The van der Waals surface area contributed by atoms with E-state index in [4.69, 9.17) is 17.0 Å². The average molecular weight is 384 g/mol. The van der Waals surface area contributed by atoms with Crippen molar-refractivity contribution in [2.24, 2.45) is 0 Å². The third kappa shape index (κ3) is 2.68. The molecule has 4 rings (SSSR count). The Morgan fingerprint density at radius 1 is 1.15 bits per heavy atom. The van der Waals surface area contributed by atoms with Crippen molar-refractivity contribution in [3.8, 4) is 0 Å². The van der Waals surface area contributed by atoms with Crippen LogP contribution in [-0.2, 0) is 9.53 Å². The number of thioether (sulfide) groups is 1. The second-order valence-corrected chi connectivity index (χ2v) is 7.49. The minimum absolute atomic E-state index is 0.0161. The van der Waals surface area contributed by atoms with Crippen molar-refractivity contribution in [3.05, 3.63) is 65.7 Å². The second-order valence-electron chi connectivity index (χ2n) is 6.01. The average Bonchev–Trinajstić information content (AvgIpc) is 3.22. The fraction of sp³-hybridized carbons (Fsp3) is 0.211. The maximum absolute atomic E-state index is 12.9. The summed E-state index contributed by atoms with van der Waals surface area (Å²) in [5, 5.41) is 0.482. The smallest absolute Gasteiger partial charge is 0.337 e. The Bertz CT molecular complexity index is 870. The van der Waals surface area contributed by atoms with E-state index in [-0.39, 0.29) is 23.3 Å². The van der Waals surface area contributed by atoms with E-state index in [9.17, 15) is 9.59 Å². The predicted molar refractivity (Wildman–Crippen MR) is 105 cm³/mol. The number of rotatable bonds is 3. The number of hydrogen-bond donors (Lipinski definition) is 0. The van der Waals surface area contributed by atoms with E-state index in [1.807, 2.05) is 47.4 Å². The number of para-hydroxylation sites is 1. The summed E-state index contributed by atoms with van der Waals surface area (Å²) in [5.41, 5.74) is 2.30. The third-order valence-electron chi connectivity index (χ3n) is 4.55. The predicted octanol–water partition coefficient (Wildman–Crippen LogP) is 3.22. The number of fused-ring (bicyclic) bond motifs is 1. The number of ether oxygens (including phenoxy) is 1. The highest BCUT2D eigenvalue weighted by Crippen LogP contribution is 2.46. The Kier molecular flexibility index (Phi) is 4.42. The molecule has 1 amide bonds. The molecule has 0 spiro atoms. The second kappa shape index (κ2) is 6.74. The lowest BCUT2D eigenvalue weighted by Crippen LogP contribution is -2.33. The molecule has 132 valence electrons. The zero-order chi connectivity index (χ0) is 18.3. The molecule has 7 heteroatoms. The number of methoxy groups -OCH3 is 1. The van der Waals surface area contributed by atoms with Crippen LogP contribution in [-0.4, -0.2) is 40.8 Å². The summed E-state index contributed by atoms with van der Waals surface area (Å²) in [6.07, 6.45) is 0. The molecule has 0 aromatic heterocycles. The molecule has 2 atom stereocenters. The lowest BCUT2D eigenvalue weighted by atomic mass is 10.1. The van der Waals surface area contributed by atoms with Crippen LogP contribution < -0.4 is 4.90 Å². The zero-order valence-electron chi connectivity index (χ0n) is 14.0. The summed E-state index contributed by atoms with van der Waals surface area (Å²) >= 11 is 7.33. The maximum atomic E-state index is 12.9. The van der Waals surface area contributed by atoms with Crippen molar-refractivity contribution in [2.75, 3.05) is 17.8 Å². The maximum Gasteiger partial charge on any atom is 0.337 e. The standard InChI is InChI=1S/C19H16N2O3S2/c1-24-18(23)13-9-7-12(8-10-13)17-21-15(11-26-17)16(22)20(19(21)25)14-5-3-2-4-6-14/h2-10,15,17H,11H2,1H3/t15-,17+/m0/s1. The monoisotopic (exact) mass is 384 g/mol. The molecule has 2 aromatic rings. The van der Waals surface area contributed by atoms with Crippen LogP contribution in [0, 0.1) is 0 Å². The number of hydrogen-bond acceptors (Lipinski definition) is 5. The number of esters is 1. The zero-order valence-corrected chi connectivity index (χ0v) is 15.6. The van der Waals surface area contributed by atoms with Gasteiger partial charge < -0.3 is 9.64 Å². The molecular weight excluding hydrogens is 368 g/mol. The number of carbonyl (C=O) groups is 2. The summed E-state index contributed by atoms with van der Waals surface area (Å²) in [7, 11) is 1.36. The van der Waals surface area contributed by atoms with E-state index in [0.717, 1.165) is 11.3 Å². The molecule has 2 aliphatic rings. The highest BCUT2D eigenvalue weighted by Gasteiger charge is 2.50. The van der Waals surface area contributed by atoms with Crippen molar-refractivity contribution in [1.29, 1.82) is 0 Å². The van der Waals surface area contributed by atoms with E-state index < -0.39 is 0 Å². The van der Waals surface area contributed by atoms with Crippen LogP contribution in [0.25, 0.3) is 0 Å². The first kappa shape index (κ1) is 17.1. The van der Waals surface area contributed by atoms with Crippen LogP contribution in [0.3, 0.4) is 0 Å². The quantitative estimate of drug-likeness (QED) is 0.598. The van der Waals surface area contributed by atoms with Crippen LogP contribution in [0.2, 0.25) is 0 Å². The molecule has 2 heterocycles. The molecule has 2 fully saturated rings. The largest absolute Gasteiger partial charge is 0.465 e. The van der Waals surface area contributed by atoms with E-state index in [0.29, 0.717) is 16.4 Å². The van der Waals surface area contributed by atoms with Crippen LogP contribution >= 0.6 is 24.0 Å². The molecule has 0 N–H and O–H groups in total. The number of anilines is 1. The van der Waals surface area contributed by atoms with Gasteiger partial charge in [-0.2, -0.15) is 0 Å². The fourth-order valence-corrected chi connectivity index (χ4v) is 5.18. The van der Waals surface area contributed by atoms with Gasteiger partial charge in [0.25, 0.3) is 5.91 Å². The van der Waals surface area contributed by atoms with Gasteiger partial charge in [-0.25, -0.2) is 4.79 Å². The lowest BCUT2D eigenvalue weighted by molar-refractivity contribution is -0.119. The van der Waals surface area contributed by atoms with Gasteiger partial charge in [0.15, 0.2) is 5.11 Å². The molecule has 26 heavy (non-hydrogen) atoms. The normalized spacial score (nSPS) is 21.9. The van der Waals surface area contributed by atoms with Gasteiger partial charge in [-0.1, -0.05) is 30.3 Å². The van der Waals surface area contributed by atoms with E-state index in [1.165, 1.54) is 7.11 Å². The molecule has 0 aliphatic carbocycles. The van der Waals surface area contributed by atoms with Crippen LogP contribution in [0.1, 0.15) is 21.3 Å². The first-order valence-corrected chi connectivity index (χ1v) is 9.58. The van der Waals surface area contributed by atoms with Crippen molar-refractivity contribution < 1.29 is 14.3 Å². The van der Waals surface area contributed by atoms with Crippen LogP contribution in [0.5, 0.6) is 0 Å². The molecule has 5 nitrogen and oxygen atoms in total. The summed E-state index contributed by atoms with van der Waals surface area (Å²) in [6.45, 7) is 0. The van der Waals surface area contributed by atoms with Gasteiger partial charge in [0.2, 0.25) is 0 Å². The van der Waals surface area contributed by atoms with Crippen molar-refractivity contribution >= 4 is 46.7 Å². The molecule has 2 saturated heterocycles. The van der Waals surface area contributed by atoms with Crippen LogP contribution in [0.4, 0.5) is 5.69 Å². The van der Waals surface area contributed by atoms with E-state index >= 15 is 0 Å². The Morgan fingerprint density at radius 3 is 2.50 bits per heavy atom. The Morgan fingerprint density at radius 2 is 1.85 bits per heavy atom. The molecule has 0 radical (unpaired) electrons. The summed E-state index contributed by atoms with van der Waals surface area (Å²) in [4.78, 5) is 28.1. The Labute approximate surface area is 160 Å². The lowest BCUT2D eigenvalue weighted by Gasteiger charge is -2.25. The van der Waals surface area contributed by atoms with Gasteiger partial charge in [-0.05, 0) is 42.0 Å². The third-order valence-corrected chi connectivity index (χ3v) is 6.27. The van der Waals surface area contributed by atoms with Gasteiger partial charge >= 0.3 is 5.97 Å². The van der Waals surface area contributed by atoms with Crippen molar-refractivity contribution in [1.82, 2.24) is 4.90 Å². The molecular formula is C19H16N2O3S2. The number of benzene rings is 2. The number of nitrogens with zero attached hydrogens (tertiary/aromatic N) is 2. The number of amides is 1. The van der Waals surface area contributed by atoms with Crippen molar-refractivity contribution in [3.63, 3.8) is 0 Å². The molecule has 2 aromatic carbocycles. The van der Waals surface area contributed by atoms with Gasteiger partial charge in [0.05, 0.1) is 18.4 Å². The topological polar surface area (TPSA) is 49.9 Å². The summed E-state index contributed by atoms with van der Waals surface area (Å²) < 4.78 is 4.74. The minimum atomic E-state index is -0.365. The molecule has 0 saturated carbocycles. The first-order chi connectivity index (χ1) is 12.6. The number of thiocarbonyl (C=S) groups is 1. The van der Waals surface area contributed by atoms with Gasteiger partial charge in [0, 0.05) is 5.75 Å². The van der Waals surface area contributed by atoms with Gasteiger partial charge in [-0.3, -0.25) is 9.69 Å². The first-order valence-electron chi connectivity index (χ1n) is 8.13. The molecule has 0 bridgehead atoms. The summed E-state index contributed by atoms with van der Waals surface area (Å²) in [5.74, 6) is 0.337. The summed E-state index contributed by atoms with van der Waals surface area (Å²) in [6, 6.07) is 16.5. The van der Waals surface area contributed by atoms with Gasteiger partial charge in [-0.15, -0.1) is 11.8 Å². The van der Waals surface area contributed by atoms with Gasteiger partial charge in [0.1, 0.15) is 11.4 Å². The van der Waals surface area contributed by atoms with E-state index in [2.05, 4.69) is 0 Å². The minimum Gasteiger partial charge on any atom is -0.465 e.